The summed E-state index contributed by atoms with van der Waals surface area (Å²) in [5, 5.41) is 11.2. The van der Waals surface area contributed by atoms with E-state index in [1.165, 1.54) is 10.9 Å². The van der Waals surface area contributed by atoms with Gasteiger partial charge in [-0.1, -0.05) is 0 Å². The second kappa shape index (κ2) is 7.73. The largest absolute Gasteiger partial charge is 0.340 e. The first-order chi connectivity index (χ1) is 14.4. The molecule has 3 aromatic rings. The van der Waals surface area contributed by atoms with Crippen LogP contribution in [0.25, 0.3) is 5.65 Å². The SMILES string of the molecule is CN(CCF)c1nc2cc(NC(=O)c3c(C(=O)N(C)C4CC4)cnn3C)ccn2n1. The molecule has 0 radical (unpaired) electrons. The first-order valence-corrected chi connectivity index (χ1v) is 9.63. The zero-order valence-corrected chi connectivity index (χ0v) is 17.0. The van der Waals surface area contributed by atoms with Crippen molar-refractivity contribution < 1.29 is 14.0 Å². The predicted octanol–water partition coefficient (Wildman–Crippen LogP) is 1.36. The summed E-state index contributed by atoms with van der Waals surface area (Å²) in [5.41, 5.74) is 1.46. The first-order valence-electron chi connectivity index (χ1n) is 9.63. The Morgan fingerprint density at radius 3 is 2.80 bits per heavy atom. The van der Waals surface area contributed by atoms with Crippen LogP contribution in [0, 0.1) is 0 Å². The quantitative estimate of drug-likeness (QED) is 0.627. The van der Waals surface area contributed by atoms with Crippen LogP contribution in [0.2, 0.25) is 0 Å². The smallest absolute Gasteiger partial charge is 0.274 e. The summed E-state index contributed by atoms with van der Waals surface area (Å²) in [6.45, 7) is -0.317. The van der Waals surface area contributed by atoms with Crippen molar-refractivity contribution >= 4 is 29.1 Å². The molecule has 0 aliphatic heterocycles. The van der Waals surface area contributed by atoms with E-state index < -0.39 is 12.6 Å². The molecule has 0 bridgehead atoms. The highest BCUT2D eigenvalue weighted by Gasteiger charge is 2.33. The summed E-state index contributed by atoms with van der Waals surface area (Å²) in [4.78, 5) is 33.3. The maximum Gasteiger partial charge on any atom is 0.274 e. The second-order valence-corrected chi connectivity index (χ2v) is 7.37. The average molecular weight is 414 g/mol. The molecule has 1 aliphatic carbocycles. The Bertz CT molecular complexity index is 1100. The van der Waals surface area contributed by atoms with E-state index in [2.05, 4.69) is 20.5 Å². The van der Waals surface area contributed by atoms with Gasteiger partial charge in [0, 0.05) is 51.7 Å². The van der Waals surface area contributed by atoms with E-state index in [0.29, 0.717) is 17.3 Å². The first kappa shape index (κ1) is 19.8. The molecule has 0 atom stereocenters. The number of nitrogens with one attached hydrogen (secondary N) is 1. The molecule has 30 heavy (non-hydrogen) atoms. The monoisotopic (exact) mass is 414 g/mol. The lowest BCUT2D eigenvalue weighted by molar-refractivity contribution is 0.0779. The lowest BCUT2D eigenvalue weighted by Gasteiger charge is -2.16. The van der Waals surface area contributed by atoms with Gasteiger partial charge in [0.05, 0.1) is 11.8 Å². The Hall–Kier alpha value is -3.50. The number of nitrogens with zero attached hydrogens (tertiary/aromatic N) is 7. The summed E-state index contributed by atoms with van der Waals surface area (Å²) < 4.78 is 15.5. The van der Waals surface area contributed by atoms with Gasteiger partial charge in [-0.3, -0.25) is 14.3 Å². The number of amides is 2. The van der Waals surface area contributed by atoms with Crippen molar-refractivity contribution in [2.75, 3.05) is 37.5 Å². The number of fused-ring (bicyclic) bond motifs is 1. The third kappa shape index (κ3) is 3.70. The van der Waals surface area contributed by atoms with Gasteiger partial charge in [-0.2, -0.15) is 10.1 Å². The van der Waals surface area contributed by atoms with Crippen LogP contribution in [0.15, 0.2) is 24.5 Å². The van der Waals surface area contributed by atoms with Gasteiger partial charge in [0.1, 0.15) is 12.4 Å². The van der Waals surface area contributed by atoms with E-state index in [-0.39, 0.29) is 29.8 Å². The summed E-state index contributed by atoms with van der Waals surface area (Å²) in [7, 11) is 5.07. The topological polar surface area (TPSA) is 101 Å². The molecular weight excluding hydrogens is 391 g/mol. The minimum absolute atomic E-state index is 0.188. The fourth-order valence-electron chi connectivity index (χ4n) is 3.21. The molecule has 1 N–H and O–H groups in total. The van der Waals surface area contributed by atoms with Crippen molar-refractivity contribution in [3.05, 3.63) is 35.8 Å². The highest BCUT2D eigenvalue weighted by Crippen LogP contribution is 2.27. The predicted molar refractivity (Wildman–Crippen MR) is 109 cm³/mol. The van der Waals surface area contributed by atoms with E-state index in [0.717, 1.165) is 12.8 Å². The van der Waals surface area contributed by atoms with E-state index >= 15 is 0 Å². The van der Waals surface area contributed by atoms with E-state index in [1.807, 2.05) is 0 Å². The van der Waals surface area contributed by atoms with Crippen LogP contribution in [-0.2, 0) is 7.05 Å². The van der Waals surface area contributed by atoms with Crippen LogP contribution < -0.4 is 10.2 Å². The highest BCUT2D eigenvalue weighted by atomic mass is 19.1. The maximum atomic E-state index is 12.9. The Balaban J connectivity index is 1.56. The molecule has 1 aliphatic rings. The molecule has 1 saturated carbocycles. The van der Waals surface area contributed by atoms with E-state index in [9.17, 15) is 14.0 Å². The normalized spacial score (nSPS) is 13.5. The van der Waals surface area contributed by atoms with E-state index in [4.69, 9.17) is 0 Å². The van der Waals surface area contributed by atoms with Gasteiger partial charge in [0.25, 0.3) is 11.8 Å². The number of carbonyl (C=O) groups excluding carboxylic acids is 2. The number of aromatic nitrogens is 5. The van der Waals surface area contributed by atoms with Crippen molar-refractivity contribution in [2.24, 2.45) is 7.05 Å². The molecule has 3 aromatic heterocycles. The van der Waals surface area contributed by atoms with Crippen LogP contribution in [-0.4, -0.2) is 74.4 Å². The average Bonchev–Trinajstić information content (AvgIpc) is 3.37. The minimum atomic E-state index is -0.505. The summed E-state index contributed by atoms with van der Waals surface area (Å²) in [5.74, 6) is -0.274. The lowest BCUT2D eigenvalue weighted by atomic mass is 10.2. The summed E-state index contributed by atoms with van der Waals surface area (Å²) in [6.07, 6.45) is 5.03. The third-order valence-corrected chi connectivity index (χ3v) is 5.14. The van der Waals surface area contributed by atoms with Crippen molar-refractivity contribution in [1.29, 1.82) is 0 Å². The molecule has 0 unspecified atom stereocenters. The molecule has 0 saturated heterocycles. The van der Waals surface area contributed by atoms with Gasteiger partial charge in [-0.15, -0.1) is 5.10 Å². The number of hydrogen-bond donors (Lipinski definition) is 1. The van der Waals surface area contributed by atoms with Crippen LogP contribution in [0.1, 0.15) is 33.7 Å². The Morgan fingerprint density at radius 2 is 2.10 bits per heavy atom. The summed E-state index contributed by atoms with van der Waals surface area (Å²) >= 11 is 0. The molecule has 10 nitrogen and oxygen atoms in total. The van der Waals surface area contributed by atoms with Crippen LogP contribution in [0.5, 0.6) is 0 Å². The number of pyridine rings is 1. The standard InChI is InChI=1S/C19H23FN8O2/c1-25(9-7-20)19-23-15-10-12(6-8-28(15)24-19)22-17(29)16-14(11-21-27(16)3)18(30)26(2)13-4-5-13/h6,8,10-11,13H,4-5,7,9H2,1-3H3,(H,22,29). The molecule has 158 valence electrons. The van der Waals surface area contributed by atoms with Gasteiger partial charge < -0.3 is 15.1 Å². The van der Waals surface area contributed by atoms with Crippen molar-refractivity contribution in [1.82, 2.24) is 29.3 Å². The number of hydrogen-bond acceptors (Lipinski definition) is 6. The third-order valence-electron chi connectivity index (χ3n) is 5.14. The molecule has 0 aromatic carbocycles. The molecule has 3 heterocycles. The van der Waals surface area contributed by atoms with Crippen molar-refractivity contribution in [3.8, 4) is 0 Å². The zero-order chi connectivity index (χ0) is 21.4. The molecular formula is C19H23FN8O2. The molecule has 2 amide bonds. The minimum Gasteiger partial charge on any atom is -0.340 e. The molecule has 4 rings (SSSR count). The number of aryl methyl sites for hydroxylation is 1. The Kier molecular flexibility index (Phi) is 5.10. The van der Waals surface area contributed by atoms with Crippen molar-refractivity contribution in [3.63, 3.8) is 0 Å². The fraction of sp³-hybridized carbons (Fsp3) is 0.421. The zero-order valence-electron chi connectivity index (χ0n) is 17.0. The summed E-state index contributed by atoms with van der Waals surface area (Å²) in [6, 6.07) is 3.56. The van der Waals surface area contributed by atoms with E-state index in [1.54, 1.807) is 53.8 Å². The number of alkyl halides is 1. The van der Waals surface area contributed by atoms with Gasteiger partial charge in [-0.05, 0) is 18.9 Å². The molecule has 1 fully saturated rings. The number of anilines is 2. The molecule has 0 spiro atoms. The second-order valence-electron chi connectivity index (χ2n) is 7.37. The Labute approximate surface area is 172 Å². The highest BCUT2D eigenvalue weighted by molar-refractivity contribution is 6.11. The van der Waals surface area contributed by atoms with Crippen LogP contribution in [0.3, 0.4) is 0 Å². The number of carbonyl (C=O) groups is 2. The van der Waals surface area contributed by atoms with Gasteiger partial charge in [-0.25, -0.2) is 8.91 Å². The van der Waals surface area contributed by atoms with Gasteiger partial charge >= 0.3 is 0 Å². The molecule has 11 heteroatoms. The van der Waals surface area contributed by atoms with Crippen molar-refractivity contribution in [2.45, 2.75) is 18.9 Å². The van der Waals surface area contributed by atoms with Gasteiger partial charge in [0.15, 0.2) is 5.65 Å². The number of halogens is 1. The van der Waals surface area contributed by atoms with Crippen LogP contribution in [0.4, 0.5) is 16.0 Å². The van der Waals surface area contributed by atoms with Crippen LogP contribution >= 0.6 is 0 Å². The lowest BCUT2D eigenvalue weighted by Crippen LogP contribution is -2.30. The maximum absolute atomic E-state index is 12.9. The fourth-order valence-corrected chi connectivity index (χ4v) is 3.21. The number of rotatable bonds is 7. The Morgan fingerprint density at radius 1 is 1.33 bits per heavy atom. The van der Waals surface area contributed by atoms with Gasteiger partial charge in [0.2, 0.25) is 5.95 Å².